The Kier molecular flexibility index (Phi) is 55.9. The van der Waals surface area contributed by atoms with Crippen molar-refractivity contribution >= 4 is 17.9 Å². The van der Waals surface area contributed by atoms with Crippen molar-refractivity contribution in [1.82, 2.24) is 0 Å². The third kappa shape index (κ3) is 56.7. The molecule has 0 aliphatic rings. The molecule has 0 saturated heterocycles. The average Bonchev–Trinajstić information content (AvgIpc) is 3.38. The Hall–Kier alpha value is -4.19. The zero-order valence-electron chi connectivity index (χ0n) is 46.7. The first-order chi connectivity index (χ1) is 35.5. The molecule has 0 fully saturated rings. The molecule has 72 heavy (non-hydrogen) atoms. The normalized spacial score (nSPS) is 13.0. The summed E-state index contributed by atoms with van der Waals surface area (Å²) in [6.07, 6.45) is 82.0. The highest BCUT2D eigenvalue weighted by molar-refractivity contribution is 5.71. The number of hydrogen-bond acceptors (Lipinski definition) is 6. The first-order valence-electron chi connectivity index (χ1n) is 29.5. The van der Waals surface area contributed by atoms with E-state index < -0.39 is 6.10 Å². The van der Waals surface area contributed by atoms with E-state index in [4.69, 9.17) is 14.2 Å². The van der Waals surface area contributed by atoms with Crippen LogP contribution in [0, 0.1) is 0 Å². The maximum atomic E-state index is 12.8. The molecule has 0 rings (SSSR count). The van der Waals surface area contributed by atoms with Gasteiger partial charge in [0.1, 0.15) is 13.2 Å². The highest BCUT2D eigenvalue weighted by Crippen LogP contribution is 2.14. The molecule has 0 heterocycles. The molecular weight excluding hydrogens is 889 g/mol. The van der Waals surface area contributed by atoms with E-state index >= 15 is 0 Å². The summed E-state index contributed by atoms with van der Waals surface area (Å²) < 4.78 is 16.8. The van der Waals surface area contributed by atoms with E-state index in [0.29, 0.717) is 19.3 Å². The molecule has 0 aromatic heterocycles. The van der Waals surface area contributed by atoms with Gasteiger partial charge in [-0.05, 0) is 122 Å². The number of allylic oxidation sites excluding steroid dienone is 20. The summed E-state index contributed by atoms with van der Waals surface area (Å²) in [6.45, 7) is 6.35. The van der Waals surface area contributed by atoms with Crippen LogP contribution in [0.15, 0.2) is 122 Å². The number of ether oxygens (including phenoxy) is 3. The van der Waals surface area contributed by atoms with Crippen LogP contribution >= 0.6 is 0 Å². The molecule has 0 saturated carbocycles. The number of rotatable bonds is 52. The van der Waals surface area contributed by atoms with Crippen molar-refractivity contribution < 1.29 is 28.6 Å². The maximum Gasteiger partial charge on any atom is 0.306 e. The standard InChI is InChI=1S/C66H108O6/c1-4-7-10-13-16-19-22-25-28-30-31-32-33-34-35-37-38-41-44-47-50-53-56-59-65(68)71-62-63(61-70-64(67)58-55-52-49-46-43-40-27-24-21-18-15-12-9-6-3)72-66(69)60-57-54-51-48-45-42-39-36-29-26-23-20-17-14-11-8-5-2/h7-8,10-11,16-17,19-20,24-29,31-32,39,42,48,51,63H,4-6,9,12-15,18,21-23,30,33-38,40-41,43-47,49-50,52-62H2,1-3H3/b10-7-,11-8-,19-16-,20-17-,27-24-,28-25-,29-26-,32-31-,42-39-,51-48-. The number of carbonyl (C=O) groups excluding carboxylic acids is 3. The minimum absolute atomic E-state index is 0.108. The smallest absolute Gasteiger partial charge is 0.306 e. The monoisotopic (exact) mass is 997 g/mol. The van der Waals surface area contributed by atoms with Crippen LogP contribution in [0.5, 0.6) is 0 Å². The molecule has 0 radical (unpaired) electrons. The van der Waals surface area contributed by atoms with Crippen molar-refractivity contribution in [1.29, 1.82) is 0 Å². The van der Waals surface area contributed by atoms with Gasteiger partial charge in [-0.15, -0.1) is 0 Å². The minimum atomic E-state index is -0.816. The van der Waals surface area contributed by atoms with Gasteiger partial charge in [-0.1, -0.05) is 239 Å². The molecule has 6 nitrogen and oxygen atoms in total. The van der Waals surface area contributed by atoms with E-state index in [0.717, 1.165) is 116 Å². The lowest BCUT2D eigenvalue weighted by atomic mass is 10.1. The van der Waals surface area contributed by atoms with Crippen molar-refractivity contribution in [2.45, 2.75) is 264 Å². The fourth-order valence-corrected chi connectivity index (χ4v) is 7.82. The lowest BCUT2D eigenvalue weighted by molar-refractivity contribution is -0.167. The van der Waals surface area contributed by atoms with Gasteiger partial charge in [-0.3, -0.25) is 14.4 Å². The molecule has 0 N–H and O–H groups in total. The van der Waals surface area contributed by atoms with Crippen LogP contribution in [0.3, 0.4) is 0 Å². The van der Waals surface area contributed by atoms with Gasteiger partial charge in [0.25, 0.3) is 0 Å². The Morgan fingerprint density at radius 2 is 0.556 bits per heavy atom. The summed E-state index contributed by atoms with van der Waals surface area (Å²) in [5.74, 6) is -0.979. The van der Waals surface area contributed by atoms with Gasteiger partial charge >= 0.3 is 17.9 Å². The van der Waals surface area contributed by atoms with Gasteiger partial charge < -0.3 is 14.2 Å². The summed E-state index contributed by atoms with van der Waals surface area (Å²) in [5.41, 5.74) is 0. The van der Waals surface area contributed by atoms with E-state index in [9.17, 15) is 14.4 Å². The first kappa shape index (κ1) is 67.8. The largest absolute Gasteiger partial charge is 0.462 e. The quantitative estimate of drug-likeness (QED) is 0.0261. The first-order valence-corrected chi connectivity index (χ1v) is 29.5. The topological polar surface area (TPSA) is 78.9 Å². The van der Waals surface area contributed by atoms with Gasteiger partial charge in [0, 0.05) is 19.3 Å². The van der Waals surface area contributed by atoms with Gasteiger partial charge in [-0.2, -0.15) is 0 Å². The summed E-state index contributed by atoms with van der Waals surface area (Å²) in [5, 5.41) is 0. The highest BCUT2D eigenvalue weighted by Gasteiger charge is 2.19. The minimum Gasteiger partial charge on any atom is -0.462 e. The molecule has 1 atom stereocenters. The number of unbranched alkanes of at least 4 members (excludes halogenated alkanes) is 21. The van der Waals surface area contributed by atoms with Gasteiger partial charge in [-0.25, -0.2) is 0 Å². The van der Waals surface area contributed by atoms with Crippen LogP contribution < -0.4 is 0 Å². The summed E-state index contributed by atoms with van der Waals surface area (Å²) >= 11 is 0. The maximum absolute atomic E-state index is 12.8. The van der Waals surface area contributed by atoms with Gasteiger partial charge in [0.15, 0.2) is 6.10 Å². The number of esters is 3. The molecule has 0 aliphatic carbocycles. The van der Waals surface area contributed by atoms with E-state index in [1.54, 1.807) is 0 Å². The van der Waals surface area contributed by atoms with Crippen LogP contribution in [-0.4, -0.2) is 37.2 Å². The van der Waals surface area contributed by atoms with Crippen molar-refractivity contribution in [3.05, 3.63) is 122 Å². The lowest BCUT2D eigenvalue weighted by Crippen LogP contribution is -2.30. The third-order valence-electron chi connectivity index (χ3n) is 12.2. The predicted molar refractivity (Wildman–Crippen MR) is 311 cm³/mol. The Balaban J connectivity index is 4.45. The number of carbonyl (C=O) groups is 3. The molecule has 0 aromatic carbocycles. The lowest BCUT2D eigenvalue weighted by Gasteiger charge is -2.18. The fourth-order valence-electron chi connectivity index (χ4n) is 7.82. The summed E-state index contributed by atoms with van der Waals surface area (Å²) in [7, 11) is 0. The van der Waals surface area contributed by atoms with Crippen molar-refractivity contribution in [2.75, 3.05) is 13.2 Å². The Morgan fingerprint density at radius 1 is 0.292 bits per heavy atom. The Labute approximate surface area is 443 Å². The van der Waals surface area contributed by atoms with Crippen molar-refractivity contribution in [2.24, 2.45) is 0 Å². The third-order valence-corrected chi connectivity index (χ3v) is 12.2. The average molecular weight is 998 g/mol. The van der Waals surface area contributed by atoms with Crippen molar-refractivity contribution in [3.63, 3.8) is 0 Å². The second kappa shape index (κ2) is 59.4. The predicted octanol–water partition coefficient (Wildman–Crippen LogP) is 20.0. The van der Waals surface area contributed by atoms with Crippen LogP contribution in [0.25, 0.3) is 0 Å². The Morgan fingerprint density at radius 3 is 0.903 bits per heavy atom. The molecule has 0 aromatic rings. The zero-order chi connectivity index (χ0) is 52.2. The van der Waals surface area contributed by atoms with Crippen LogP contribution in [-0.2, 0) is 28.6 Å². The van der Waals surface area contributed by atoms with E-state index in [2.05, 4.69) is 142 Å². The molecule has 0 bridgehead atoms. The summed E-state index contributed by atoms with van der Waals surface area (Å²) in [4.78, 5) is 38.2. The van der Waals surface area contributed by atoms with Crippen molar-refractivity contribution in [3.8, 4) is 0 Å². The van der Waals surface area contributed by atoms with Gasteiger partial charge in [0.05, 0.1) is 0 Å². The highest BCUT2D eigenvalue weighted by atomic mass is 16.6. The van der Waals surface area contributed by atoms with E-state index in [1.165, 1.54) is 96.3 Å². The molecule has 6 heteroatoms. The molecule has 0 amide bonds. The Bertz CT molecular complexity index is 1520. The second-order valence-electron chi connectivity index (χ2n) is 19.1. The number of hydrogen-bond donors (Lipinski definition) is 0. The SMILES string of the molecule is CC/C=C\C/C=C\C/C=C\C/C=C\C/C=C\CCCC(=O)OC(COC(=O)CCCCCCC/C=C\CCCCCCC)COC(=O)CCCCCCCCCCCC/C=C\C/C=C\C/C=C\C/C=C\CC. The summed E-state index contributed by atoms with van der Waals surface area (Å²) in [6, 6.07) is 0. The zero-order valence-corrected chi connectivity index (χ0v) is 46.7. The molecule has 408 valence electrons. The van der Waals surface area contributed by atoms with Crippen LogP contribution in [0.2, 0.25) is 0 Å². The van der Waals surface area contributed by atoms with Gasteiger partial charge in [0.2, 0.25) is 0 Å². The fraction of sp³-hybridized carbons (Fsp3) is 0.652. The van der Waals surface area contributed by atoms with Crippen LogP contribution in [0.4, 0.5) is 0 Å². The molecule has 0 spiro atoms. The van der Waals surface area contributed by atoms with Crippen LogP contribution in [0.1, 0.15) is 258 Å². The molecule has 0 aliphatic heterocycles. The molecule has 1 unspecified atom stereocenters. The van der Waals surface area contributed by atoms with E-state index in [-0.39, 0.29) is 37.5 Å². The second-order valence-corrected chi connectivity index (χ2v) is 19.1. The molecular formula is C66H108O6. The van der Waals surface area contributed by atoms with E-state index in [1.807, 2.05) is 0 Å².